The van der Waals surface area contributed by atoms with Crippen LogP contribution in [0.4, 0.5) is 0 Å². The van der Waals surface area contributed by atoms with Gasteiger partial charge >= 0.3 is 0 Å². The van der Waals surface area contributed by atoms with E-state index in [1.54, 1.807) is 54.9 Å². The average Bonchev–Trinajstić information content (AvgIpc) is 4.21. The number of rotatable bonds is 14. The third kappa shape index (κ3) is 16.0. The van der Waals surface area contributed by atoms with Gasteiger partial charge in [-0.15, -0.1) is 0 Å². The number of nitriles is 3. The molecule has 0 bridgehead atoms. The summed E-state index contributed by atoms with van der Waals surface area (Å²) in [5.41, 5.74) is 7.56. The lowest BCUT2D eigenvalue weighted by atomic mass is 9.84. The fourth-order valence-electron chi connectivity index (χ4n) is 11.0. The Kier molecular flexibility index (Phi) is 20.9. The number of H-pyrrole nitrogens is 1. The fraction of sp³-hybridized carbons (Fsp3) is 0.446. The van der Waals surface area contributed by atoms with Crippen molar-refractivity contribution in [1.82, 2.24) is 29.5 Å². The standard InChI is InChI=1S/C23H24ClN3O.C22H24ClN3O2.C20H24ClN3O/c1-14(2)16-6-10-21-22(11-16)27-23(26-21)15-3-7-18(8-4-15)28-19-9-5-17(13-25)20(24)12-19;1-14(2)20-12-26-21(13-25-20)22(27)9-15-3-6-17(7-4-15)28-18-8-5-16(11-24)19(23)10-18;1-13(2)19-12-23-20(24(19)3)14-4-7-16(8-5-14)25-17-9-6-15(11-22)18(21)10-17/h5-6,9-12,14-15,18H,3-4,7-8H2,1-2H3,(H,26,27);5,8,10,12-15,17H,3-4,6-7,9H2,1-2H3;6,9-10,12-14,16H,4-5,7-8H2,1-3H3. The molecule has 0 atom stereocenters. The summed E-state index contributed by atoms with van der Waals surface area (Å²) < 4.78 is 20.4. The van der Waals surface area contributed by atoms with Gasteiger partial charge in [0.05, 0.1) is 73.0 Å². The summed E-state index contributed by atoms with van der Waals surface area (Å²) in [6, 6.07) is 28.4. The number of carbonyl (C=O) groups is 1. The molecule has 0 aliphatic heterocycles. The van der Waals surface area contributed by atoms with Crippen LogP contribution in [0.15, 0.2) is 91.4 Å². The second-order valence-corrected chi connectivity index (χ2v) is 23.8. The van der Waals surface area contributed by atoms with Crippen molar-refractivity contribution in [3.8, 4) is 35.5 Å². The van der Waals surface area contributed by atoms with Crippen molar-refractivity contribution in [3.05, 3.63) is 157 Å². The van der Waals surface area contributed by atoms with Crippen LogP contribution in [0, 0.1) is 39.9 Å². The molecule has 3 saturated carbocycles. The number of aromatic amines is 1. The zero-order valence-electron chi connectivity index (χ0n) is 47.4. The SMILES string of the molecule is CC(C)c1ccc2nc(C3CCC(Oc4ccc(C#N)c(Cl)c4)CC3)[nH]c2c1.CC(C)c1cnc(C(=O)CC2CCC(Oc3ccc(C#N)c(Cl)c3)CC2)cn1.CC(C)c1cnc(C2CCC(Oc3ccc(C#N)c(Cl)c3)CC2)n1C. The molecule has 3 aromatic heterocycles. The van der Waals surface area contributed by atoms with Crippen LogP contribution >= 0.6 is 34.8 Å². The van der Waals surface area contributed by atoms with E-state index in [9.17, 15) is 4.79 Å². The van der Waals surface area contributed by atoms with Crippen LogP contribution < -0.4 is 14.2 Å². The molecular weight excluding hydrogens is 1080 g/mol. The number of halogens is 3. The Morgan fingerprint density at radius 3 is 1.51 bits per heavy atom. The van der Waals surface area contributed by atoms with Gasteiger partial charge in [-0.25, -0.2) is 15.0 Å². The lowest BCUT2D eigenvalue weighted by Crippen LogP contribution is -2.25. The predicted molar refractivity (Wildman–Crippen MR) is 319 cm³/mol. The van der Waals surface area contributed by atoms with E-state index in [1.807, 2.05) is 24.4 Å². The molecule has 3 aliphatic carbocycles. The third-order valence-electron chi connectivity index (χ3n) is 15.9. The molecule has 3 heterocycles. The fourth-order valence-corrected chi connectivity index (χ4v) is 11.6. The molecule has 0 amide bonds. The van der Waals surface area contributed by atoms with E-state index in [0.29, 0.717) is 85.1 Å². The normalized spacial score (nSPS) is 19.8. The number of benzene rings is 4. The minimum Gasteiger partial charge on any atom is -0.490 e. The lowest BCUT2D eigenvalue weighted by Gasteiger charge is -2.29. The van der Waals surface area contributed by atoms with E-state index in [0.717, 1.165) is 111 Å². The Morgan fingerprint density at radius 1 is 0.593 bits per heavy atom. The highest BCUT2D eigenvalue weighted by Crippen LogP contribution is 2.38. The number of hydrogen-bond donors (Lipinski definition) is 1. The van der Waals surface area contributed by atoms with Crippen molar-refractivity contribution in [1.29, 1.82) is 15.8 Å². The minimum atomic E-state index is 0.0612. The number of nitrogens with one attached hydrogen (secondary N) is 1. The molecular formula is C65H72Cl3N9O4. The van der Waals surface area contributed by atoms with Crippen molar-refractivity contribution in [2.75, 3.05) is 0 Å². The molecule has 0 saturated heterocycles. The van der Waals surface area contributed by atoms with Crippen molar-refractivity contribution in [2.45, 2.75) is 173 Å². The summed E-state index contributed by atoms with van der Waals surface area (Å²) in [7, 11) is 2.12. The Morgan fingerprint density at radius 2 is 1.09 bits per heavy atom. The molecule has 16 heteroatoms. The first-order valence-electron chi connectivity index (χ1n) is 28.4. The number of carbonyl (C=O) groups excluding carboxylic acids is 1. The average molecular weight is 1150 g/mol. The van der Waals surface area contributed by atoms with Gasteiger partial charge in [-0.3, -0.25) is 9.78 Å². The van der Waals surface area contributed by atoms with Crippen molar-refractivity contribution in [2.24, 2.45) is 13.0 Å². The van der Waals surface area contributed by atoms with Crippen LogP contribution in [0.5, 0.6) is 17.2 Å². The molecule has 3 aliphatic rings. The van der Waals surface area contributed by atoms with Gasteiger partial charge in [-0.1, -0.05) is 82.4 Å². The summed E-state index contributed by atoms with van der Waals surface area (Å²) in [5, 5.41) is 28.2. The lowest BCUT2D eigenvalue weighted by molar-refractivity contribution is 0.0897. The zero-order chi connectivity index (χ0) is 57.7. The van der Waals surface area contributed by atoms with Crippen molar-refractivity contribution < 1.29 is 19.0 Å². The van der Waals surface area contributed by atoms with E-state index >= 15 is 0 Å². The first-order chi connectivity index (χ1) is 39.0. The van der Waals surface area contributed by atoms with Gasteiger partial charge in [0, 0.05) is 61.6 Å². The number of aromatic nitrogens is 6. The minimum absolute atomic E-state index is 0.0612. The van der Waals surface area contributed by atoms with Gasteiger partial charge in [0.1, 0.15) is 52.8 Å². The Hall–Kier alpha value is -6.95. The van der Waals surface area contributed by atoms with Crippen LogP contribution in [0.25, 0.3) is 11.0 Å². The molecule has 7 aromatic rings. The van der Waals surface area contributed by atoms with E-state index in [1.165, 1.54) is 17.1 Å². The molecule has 0 spiro atoms. The van der Waals surface area contributed by atoms with Crippen LogP contribution in [0.3, 0.4) is 0 Å². The van der Waals surface area contributed by atoms with Gasteiger partial charge in [0.15, 0.2) is 5.78 Å². The number of imidazole rings is 2. The van der Waals surface area contributed by atoms with Gasteiger partial charge in [-0.2, -0.15) is 15.8 Å². The summed E-state index contributed by atoms with van der Waals surface area (Å²) >= 11 is 18.2. The maximum atomic E-state index is 12.5. The quantitative estimate of drug-likeness (QED) is 0.102. The molecule has 4 aromatic carbocycles. The first kappa shape index (κ1) is 60.2. The first-order valence-corrected chi connectivity index (χ1v) is 29.6. The second-order valence-electron chi connectivity index (χ2n) is 22.6. The van der Waals surface area contributed by atoms with Crippen molar-refractivity contribution >= 4 is 51.6 Å². The van der Waals surface area contributed by atoms with Gasteiger partial charge in [0.2, 0.25) is 0 Å². The topological polar surface area (TPSA) is 188 Å². The number of hydrogen-bond acceptors (Lipinski definition) is 11. The highest BCUT2D eigenvalue weighted by atomic mass is 35.5. The highest BCUT2D eigenvalue weighted by molar-refractivity contribution is 6.32. The highest BCUT2D eigenvalue weighted by Gasteiger charge is 2.29. The monoisotopic (exact) mass is 1150 g/mol. The molecule has 3 fully saturated rings. The summed E-state index contributed by atoms with van der Waals surface area (Å²) in [4.78, 5) is 34.2. The van der Waals surface area contributed by atoms with Crippen LogP contribution in [-0.2, 0) is 7.05 Å². The largest absolute Gasteiger partial charge is 0.490 e. The smallest absolute Gasteiger partial charge is 0.183 e. The van der Waals surface area contributed by atoms with Crippen LogP contribution in [-0.4, -0.2) is 53.6 Å². The van der Waals surface area contributed by atoms with E-state index < -0.39 is 0 Å². The summed E-state index contributed by atoms with van der Waals surface area (Å²) in [6.45, 7) is 12.9. The number of ketones is 1. The Balaban J connectivity index is 0.000000160. The van der Waals surface area contributed by atoms with Gasteiger partial charge in [-0.05, 0) is 155 Å². The molecule has 0 radical (unpaired) electrons. The number of fused-ring (bicyclic) bond motifs is 1. The zero-order valence-corrected chi connectivity index (χ0v) is 49.7. The molecule has 10 rings (SSSR count). The molecule has 422 valence electrons. The maximum Gasteiger partial charge on any atom is 0.183 e. The molecule has 0 unspecified atom stereocenters. The summed E-state index contributed by atoms with van der Waals surface area (Å²) in [5.74, 6) is 7.12. The number of Topliss-reactive ketones (excluding diaryl/α,β-unsaturated/α-hetero) is 1. The predicted octanol–water partition coefficient (Wildman–Crippen LogP) is 16.8. The molecule has 81 heavy (non-hydrogen) atoms. The third-order valence-corrected chi connectivity index (χ3v) is 16.8. The van der Waals surface area contributed by atoms with Crippen LogP contribution in [0.2, 0.25) is 15.1 Å². The van der Waals surface area contributed by atoms with E-state index in [4.69, 9.17) is 69.8 Å². The Bertz CT molecular complexity index is 3380. The van der Waals surface area contributed by atoms with Gasteiger partial charge in [0.25, 0.3) is 0 Å². The summed E-state index contributed by atoms with van der Waals surface area (Å²) in [6.07, 6.45) is 18.2. The van der Waals surface area contributed by atoms with Crippen molar-refractivity contribution in [3.63, 3.8) is 0 Å². The second kappa shape index (κ2) is 28.2. The maximum absolute atomic E-state index is 12.5. The van der Waals surface area contributed by atoms with E-state index in [2.05, 4.69) is 103 Å². The Labute approximate surface area is 492 Å². The number of ether oxygens (including phenoxy) is 3. The number of nitrogens with zero attached hydrogens (tertiary/aromatic N) is 8. The molecule has 13 nitrogen and oxygen atoms in total. The van der Waals surface area contributed by atoms with Crippen LogP contribution in [0.1, 0.15) is 210 Å². The van der Waals surface area contributed by atoms with E-state index in [-0.39, 0.29) is 24.1 Å². The van der Waals surface area contributed by atoms with Gasteiger partial charge < -0.3 is 23.8 Å². The molecule has 1 N–H and O–H groups in total.